The zero-order valence-electron chi connectivity index (χ0n) is 20.4. The Morgan fingerprint density at radius 3 is 1.92 bits per heavy atom. The molecule has 0 aromatic heterocycles. The first kappa shape index (κ1) is 26.5. The Bertz CT molecular complexity index is 1230. The maximum absolute atomic E-state index is 14.7. The second-order valence-corrected chi connectivity index (χ2v) is 9.58. The van der Waals surface area contributed by atoms with Crippen molar-refractivity contribution in [1.82, 2.24) is 4.90 Å². The van der Waals surface area contributed by atoms with E-state index in [9.17, 15) is 34.4 Å². The monoisotopic (exact) mass is 507 g/mol. The number of hydrogen-bond acceptors (Lipinski definition) is 7. The third kappa shape index (κ3) is 5.72. The molecule has 0 spiro atoms. The highest BCUT2D eigenvalue weighted by Crippen LogP contribution is 2.42. The van der Waals surface area contributed by atoms with Crippen molar-refractivity contribution in [3.63, 3.8) is 0 Å². The molecule has 1 aliphatic rings. The van der Waals surface area contributed by atoms with Gasteiger partial charge in [0.25, 0.3) is 0 Å². The Balaban J connectivity index is 1.86. The molecule has 1 heterocycles. The summed E-state index contributed by atoms with van der Waals surface area (Å²) in [6.07, 6.45) is -1.08. The van der Waals surface area contributed by atoms with Gasteiger partial charge in [-0.15, -0.1) is 0 Å². The fourth-order valence-electron chi connectivity index (χ4n) is 5.30. The lowest BCUT2D eigenvalue weighted by molar-refractivity contribution is 0.0239. The fraction of sp³-hybridized carbons (Fsp3) is 0.310. The van der Waals surface area contributed by atoms with Crippen molar-refractivity contribution in [2.45, 2.75) is 18.9 Å². The molecule has 0 aliphatic carbocycles. The third-order valence-corrected chi connectivity index (χ3v) is 7.06. The summed E-state index contributed by atoms with van der Waals surface area (Å²) in [5, 5.41) is 39.6. The molecular weight excluding hydrogens is 477 g/mol. The molecule has 4 N–H and O–H groups in total. The van der Waals surface area contributed by atoms with E-state index in [1.807, 2.05) is 0 Å². The van der Waals surface area contributed by atoms with Gasteiger partial charge < -0.3 is 20.4 Å². The van der Waals surface area contributed by atoms with Gasteiger partial charge in [-0.25, -0.2) is 4.39 Å². The van der Waals surface area contributed by atoms with E-state index in [2.05, 4.69) is 0 Å². The Morgan fingerprint density at radius 2 is 1.43 bits per heavy atom. The molecule has 1 unspecified atom stereocenters. The quantitative estimate of drug-likeness (QED) is 0.346. The summed E-state index contributed by atoms with van der Waals surface area (Å²) in [7, 11) is 0. The summed E-state index contributed by atoms with van der Waals surface area (Å²) in [6.45, 7) is 1.45. The summed E-state index contributed by atoms with van der Waals surface area (Å²) >= 11 is 0. The van der Waals surface area contributed by atoms with Crippen LogP contribution >= 0.6 is 0 Å². The van der Waals surface area contributed by atoms with E-state index in [0.29, 0.717) is 11.1 Å². The number of aliphatic hydroxyl groups is 2. The SMILES string of the molecule is Cc1c(F)cccc1C1[C@@H](C(=O)c2cccc(O)c2)CN(CC(O)CO)C[C@@H]1C(=O)c1cccc(O)c1. The van der Waals surface area contributed by atoms with E-state index in [1.165, 1.54) is 30.3 Å². The molecule has 37 heavy (non-hydrogen) atoms. The van der Waals surface area contributed by atoms with Gasteiger partial charge in [0.15, 0.2) is 11.6 Å². The van der Waals surface area contributed by atoms with Crippen LogP contribution in [0.2, 0.25) is 0 Å². The van der Waals surface area contributed by atoms with E-state index < -0.39 is 36.3 Å². The van der Waals surface area contributed by atoms with Crippen molar-refractivity contribution in [3.8, 4) is 11.5 Å². The van der Waals surface area contributed by atoms with Crippen molar-refractivity contribution >= 4 is 11.6 Å². The molecule has 0 amide bonds. The number of aromatic hydroxyl groups is 2. The predicted molar refractivity (Wildman–Crippen MR) is 135 cm³/mol. The molecule has 1 fully saturated rings. The smallest absolute Gasteiger partial charge is 0.167 e. The van der Waals surface area contributed by atoms with Crippen molar-refractivity contribution in [2.75, 3.05) is 26.2 Å². The number of carbonyl (C=O) groups is 2. The molecule has 7 nitrogen and oxygen atoms in total. The fourth-order valence-corrected chi connectivity index (χ4v) is 5.30. The normalized spacial score (nSPS) is 19.5. The minimum atomic E-state index is -1.08. The largest absolute Gasteiger partial charge is 0.508 e. The molecule has 4 rings (SSSR count). The summed E-state index contributed by atoms with van der Waals surface area (Å²) < 4.78 is 14.7. The van der Waals surface area contributed by atoms with E-state index >= 15 is 0 Å². The van der Waals surface area contributed by atoms with Gasteiger partial charge in [-0.2, -0.15) is 0 Å². The van der Waals surface area contributed by atoms with E-state index in [-0.39, 0.29) is 53.8 Å². The van der Waals surface area contributed by atoms with Crippen LogP contribution < -0.4 is 0 Å². The molecule has 3 atom stereocenters. The third-order valence-electron chi connectivity index (χ3n) is 7.06. The Hall–Kier alpha value is -3.59. The highest BCUT2D eigenvalue weighted by Gasteiger charge is 2.45. The van der Waals surface area contributed by atoms with Crippen LogP contribution in [0.5, 0.6) is 11.5 Å². The van der Waals surface area contributed by atoms with E-state index in [4.69, 9.17) is 0 Å². The Morgan fingerprint density at radius 1 is 0.919 bits per heavy atom. The molecular formula is C29H30FNO6. The number of β-amino-alcohol motifs (C(OH)–C–C–N with tert-alkyl or cyclic N) is 1. The number of hydrogen-bond donors (Lipinski definition) is 4. The van der Waals surface area contributed by atoms with Crippen molar-refractivity contribution in [1.29, 1.82) is 0 Å². The van der Waals surface area contributed by atoms with Crippen molar-refractivity contribution in [3.05, 3.63) is 94.8 Å². The van der Waals surface area contributed by atoms with Crippen LogP contribution in [-0.2, 0) is 0 Å². The number of phenolic OH excluding ortho intramolecular Hbond substituents is 2. The number of piperidine rings is 1. The van der Waals surface area contributed by atoms with Gasteiger partial charge >= 0.3 is 0 Å². The van der Waals surface area contributed by atoms with Gasteiger partial charge in [0.2, 0.25) is 0 Å². The van der Waals surface area contributed by atoms with Crippen LogP contribution in [0.15, 0.2) is 66.7 Å². The first-order valence-corrected chi connectivity index (χ1v) is 12.1. The summed E-state index contributed by atoms with van der Waals surface area (Å²) in [5.74, 6) is -3.66. The number of rotatable bonds is 8. The number of Topliss-reactive ketones (excluding diaryl/α,β-unsaturated/α-hetero) is 2. The van der Waals surface area contributed by atoms with Gasteiger partial charge in [-0.05, 0) is 48.4 Å². The topological polar surface area (TPSA) is 118 Å². The minimum Gasteiger partial charge on any atom is -0.508 e. The lowest BCUT2D eigenvalue weighted by Crippen LogP contribution is -2.52. The van der Waals surface area contributed by atoms with Crippen LogP contribution in [0, 0.1) is 24.6 Å². The first-order chi connectivity index (χ1) is 17.7. The molecule has 1 aliphatic heterocycles. The lowest BCUT2D eigenvalue weighted by atomic mass is 9.67. The number of phenols is 2. The van der Waals surface area contributed by atoms with Gasteiger partial charge in [0, 0.05) is 48.5 Å². The van der Waals surface area contributed by atoms with Crippen LogP contribution in [-0.4, -0.2) is 69.2 Å². The second kappa shape index (κ2) is 11.2. The standard InChI is InChI=1S/C29H30FNO6/c1-17-23(9-4-10-26(17)30)27-24(28(36)18-5-2-7-20(33)11-18)14-31(13-22(35)16-32)15-25(27)29(37)19-6-3-8-21(34)12-19/h2-12,22,24-25,27,32-35H,13-16H2,1H3/t22?,24-,25-/m0/s1. The molecule has 0 saturated carbocycles. The van der Waals surface area contributed by atoms with Crippen LogP contribution in [0.3, 0.4) is 0 Å². The van der Waals surface area contributed by atoms with Gasteiger partial charge in [0.1, 0.15) is 17.3 Å². The van der Waals surface area contributed by atoms with E-state index in [0.717, 1.165) is 0 Å². The average Bonchev–Trinajstić information content (AvgIpc) is 2.89. The van der Waals surface area contributed by atoms with Gasteiger partial charge in [-0.1, -0.05) is 36.4 Å². The Labute approximate surface area is 214 Å². The number of likely N-dealkylation sites (tertiary alicyclic amines) is 1. The molecule has 3 aromatic rings. The van der Waals surface area contributed by atoms with Gasteiger partial charge in [-0.3, -0.25) is 14.5 Å². The maximum atomic E-state index is 14.7. The number of ketones is 2. The molecule has 3 aromatic carbocycles. The molecule has 0 bridgehead atoms. The van der Waals surface area contributed by atoms with Crippen LogP contribution in [0.1, 0.15) is 37.8 Å². The molecule has 0 radical (unpaired) electrons. The summed E-state index contributed by atoms with van der Waals surface area (Å²) in [6, 6.07) is 16.4. The van der Waals surface area contributed by atoms with Crippen molar-refractivity contribution in [2.24, 2.45) is 11.8 Å². The van der Waals surface area contributed by atoms with E-state index in [1.54, 1.807) is 48.2 Å². The zero-order valence-corrected chi connectivity index (χ0v) is 20.4. The number of benzene rings is 3. The van der Waals surface area contributed by atoms with Crippen LogP contribution in [0.4, 0.5) is 4.39 Å². The molecule has 194 valence electrons. The summed E-state index contributed by atoms with van der Waals surface area (Å²) in [5.41, 5.74) is 1.35. The highest BCUT2D eigenvalue weighted by atomic mass is 19.1. The number of aliphatic hydroxyl groups excluding tert-OH is 2. The minimum absolute atomic E-state index is 0.0268. The van der Waals surface area contributed by atoms with Gasteiger partial charge in [0.05, 0.1) is 12.7 Å². The highest BCUT2D eigenvalue weighted by molar-refractivity contribution is 6.02. The average molecular weight is 508 g/mol. The van der Waals surface area contributed by atoms with Crippen molar-refractivity contribution < 1.29 is 34.4 Å². The molecule has 1 saturated heterocycles. The molecule has 8 heteroatoms. The number of nitrogens with zero attached hydrogens (tertiary/aromatic N) is 1. The predicted octanol–water partition coefficient (Wildman–Crippen LogP) is 3.30. The Kier molecular flexibility index (Phi) is 8.02. The first-order valence-electron chi connectivity index (χ1n) is 12.1. The second-order valence-electron chi connectivity index (χ2n) is 9.58. The lowest BCUT2D eigenvalue weighted by Gasteiger charge is -2.44. The number of carbonyl (C=O) groups excluding carboxylic acids is 2. The maximum Gasteiger partial charge on any atom is 0.167 e. The summed E-state index contributed by atoms with van der Waals surface area (Å²) in [4.78, 5) is 29.5. The number of halogens is 1. The zero-order chi connectivity index (χ0) is 26.7. The van der Waals surface area contributed by atoms with Crippen LogP contribution in [0.25, 0.3) is 0 Å².